The van der Waals surface area contributed by atoms with E-state index in [-0.39, 0.29) is 17.2 Å². The second-order valence-corrected chi connectivity index (χ2v) is 12.6. The monoisotopic (exact) mass is 662 g/mol. The number of anilines is 1. The first-order valence-corrected chi connectivity index (χ1v) is 16.1. The van der Waals surface area contributed by atoms with Crippen LogP contribution in [0.15, 0.2) is 133 Å². The molecule has 0 aromatic heterocycles. The number of ether oxygens (including phenoxy) is 2. The summed E-state index contributed by atoms with van der Waals surface area (Å²) >= 11 is 0. The van der Waals surface area contributed by atoms with Crippen LogP contribution in [0.1, 0.15) is 22.3 Å². The van der Waals surface area contributed by atoms with Crippen LogP contribution in [-0.2, 0) is 25.2 Å². The number of amides is 2. The van der Waals surface area contributed by atoms with Gasteiger partial charge < -0.3 is 9.47 Å². The number of hydrogen-bond donors (Lipinski definition) is 0. The van der Waals surface area contributed by atoms with Crippen LogP contribution < -0.4 is 14.4 Å². The standard InChI is InChI=1S/C41H30N2O7/c1-49-29-21-17-25(18-22-29)33-34(26-19-23-30(50-2)24-20-26)41(28-13-7-4-8-14-28)36-35(40(33,39(41)46)27-11-5-3-6-12-27)37(44)42(38(36)45)31-15-9-10-16-32(31)43(47)48/h3-24,35-36H,1-2H3/t35-,36+,40+,41-. The largest absolute Gasteiger partial charge is 0.497 e. The fourth-order valence-electron chi connectivity index (χ4n) is 8.68. The molecule has 0 N–H and O–H groups in total. The highest BCUT2D eigenvalue weighted by molar-refractivity contribution is 6.39. The molecular weight excluding hydrogens is 632 g/mol. The van der Waals surface area contributed by atoms with Crippen molar-refractivity contribution in [3.63, 3.8) is 0 Å². The van der Waals surface area contributed by atoms with Gasteiger partial charge in [-0.2, -0.15) is 0 Å². The molecule has 2 aliphatic carbocycles. The number of fused-ring (bicyclic) bond motifs is 5. The van der Waals surface area contributed by atoms with Gasteiger partial charge in [0.25, 0.3) is 5.69 Å². The summed E-state index contributed by atoms with van der Waals surface area (Å²) in [5, 5.41) is 12.3. The van der Waals surface area contributed by atoms with E-state index in [1.807, 2.05) is 84.9 Å². The third-order valence-electron chi connectivity index (χ3n) is 10.5. The number of nitrogens with zero attached hydrogens (tertiary/aromatic N) is 2. The van der Waals surface area contributed by atoms with Crippen LogP contribution in [0.2, 0.25) is 0 Å². The number of rotatable bonds is 8. The molecule has 1 aliphatic heterocycles. The van der Waals surface area contributed by atoms with E-state index in [1.165, 1.54) is 18.2 Å². The van der Waals surface area contributed by atoms with Gasteiger partial charge in [0, 0.05) is 6.07 Å². The predicted octanol–water partition coefficient (Wildman–Crippen LogP) is 6.80. The smallest absolute Gasteiger partial charge is 0.293 e. The Bertz CT molecular complexity index is 2100. The quantitative estimate of drug-likeness (QED) is 0.102. The molecule has 2 bridgehead atoms. The average Bonchev–Trinajstić information content (AvgIpc) is 3.67. The summed E-state index contributed by atoms with van der Waals surface area (Å²) in [6, 6.07) is 38.6. The second kappa shape index (κ2) is 11.4. The van der Waals surface area contributed by atoms with E-state index in [1.54, 1.807) is 44.6 Å². The molecule has 0 spiro atoms. The van der Waals surface area contributed by atoms with Gasteiger partial charge in [0.1, 0.15) is 17.2 Å². The van der Waals surface area contributed by atoms with Crippen LogP contribution in [0, 0.1) is 22.0 Å². The second-order valence-electron chi connectivity index (χ2n) is 12.6. The number of methoxy groups -OCH3 is 2. The summed E-state index contributed by atoms with van der Waals surface area (Å²) in [7, 11) is 3.14. The lowest BCUT2D eigenvalue weighted by atomic mass is 9.59. The lowest BCUT2D eigenvalue weighted by Gasteiger charge is -2.39. The highest BCUT2D eigenvalue weighted by atomic mass is 16.6. The Morgan fingerprint density at radius 2 is 0.980 bits per heavy atom. The molecular formula is C41H30N2O7. The number of para-hydroxylation sites is 2. The molecule has 4 atom stereocenters. The van der Waals surface area contributed by atoms with Crippen LogP contribution in [0.25, 0.3) is 11.1 Å². The normalized spacial score (nSPS) is 23.7. The molecule has 2 fully saturated rings. The minimum atomic E-state index is -1.66. The van der Waals surface area contributed by atoms with Gasteiger partial charge in [-0.3, -0.25) is 24.5 Å². The van der Waals surface area contributed by atoms with Gasteiger partial charge in [-0.1, -0.05) is 97.1 Å². The molecule has 2 amide bonds. The van der Waals surface area contributed by atoms with E-state index in [9.17, 15) is 10.1 Å². The lowest BCUT2D eigenvalue weighted by Crippen LogP contribution is -2.45. The number of nitro benzene ring substituents is 1. The number of ketones is 1. The first kappa shape index (κ1) is 31.0. The number of imide groups is 1. The van der Waals surface area contributed by atoms with Crippen molar-refractivity contribution >= 4 is 40.1 Å². The maximum absolute atomic E-state index is 16.0. The van der Waals surface area contributed by atoms with Gasteiger partial charge in [0.2, 0.25) is 11.8 Å². The maximum Gasteiger partial charge on any atom is 0.293 e. The van der Waals surface area contributed by atoms with E-state index in [0.717, 1.165) is 4.90 Å². The number of allylic oxidation sites excluding steroid dienone is 2. The topological polar surface area (TPSA) is 116 Å². The minimum absolute atomic E-state index is 0.128. The van der Waals surface area contributed by atoms with Crippen LogP contribution in [0.5, 0.6) is 11.5 Å². The number of hydrogen-bond acceptors (Lipinski definition) is 7. The fraction of sp³-hybridized carbons (Fsp3) is 0.146. The van der Waals surface area contributed by atoms with Crippen LogP contribution >= 0.6 is 0 Å². The zero-order chi connectivity index (χ0) is 34.8. The average molecular weight is 663 g/mol. The Labute approximate surface area is 287 Å². The summed E-state index contributed by atoms with van der Waals surface area (Å²) in [6.07, 6.45) is 0. The highest BCUT2D eigenvalue weighted by Gasteiger charge is 2.83. The van der Waals surface area contributed by atoms with Gasteiger partial charge in [-0.15, -0.1) is 0 Å². The molecule has 1 heterocycles. The van der Waals surface area contributed by atoms with Crippen molar-refractivity contribution in [1.29, 1.82) is 0 Å². The summed E-state index contributed by atoms with van der Waals surface area (Å²) in [5.41, 5.74) is -0.173. The summed E-state index contributed by atoms with van der Waals surface area (Å²) in [5.74, 6) is -2.85. The van der Waals surface area contributed by atoms with Crippen LogP contribution in [-0.4, -0.2) is 36.7 Å². The van der Waals surface area contributed by atoms with Gasteiger partial charge in [-0.05, 0) is 63.7 Å². The van der Waals surface area contributed by atoms with Gasteiger partial charge in [0.05, 0.1) is 41.8 Å². The van der Waals surface area contributed by atoms with E-state index >= 15 is 14.4 Å². The molecule has 8 rings (SSSR count). The van der Waals surface area contributed by atoms with Gasteiger partial charge >= 0.3 is 0 Å². The number of carbonyl (C=O) groups excluding carboxylic acids is 3. The van der Waals surface area contributed by atoms with Crippen molar-refractivity contribution in [2.75, 3.05) is 19.1 Å². The van der Waals surface area contributed by atoms with Crippen molar-refractivity contribution in [3.8, 4) is 11.5 Å². The zero-order valence-electron chi connectivity index (χ0n) is 27.1. The van der Waals surface area contributed by atoms with Gasteiger partial charge in [0.15, 0.2) is 5.78 Å². The fourth-order valence-corrected chi connectivity index (χ4v) is 8.68. The number of benzene rings is 5. The van der Waals surface area contributed by atoms with Crippen LogP contribution in [0.3, 0.4) is 0 Å². The Morgan fingerprint density at radius 3 is 1.38 bits per heavy atom. The molecule has 1 saturated carbocycles. The number of carbonyl (C=O) groups is 3. The maximum atomic E-state index is 16.0. The molecule has 50 heavy (non-hydrogen) atoms. The lowest BCUT2D eigenvalue weighted by molar-refractivity contribution is -0.384. The molecule has 0 radical (unpaired) electrons. The van der Waals surface area contributed by atoms with E-state index in [4.69, 9.17) is 9.47 Å². The minimum Gasteiger partial charge on any atom is -0.497 e. The Kier molecular flexibility index (Phi) is 7.04. The van der Waals surface area contributed by atoms with Crippen molar-refractivity contribution in [3.05, 3.63) is 166 Å². The summed E-state index contributed by atoms with van der Waals surface area (Å²) in [6.45, 7) is 0. The Morgan fingerprint density at radius 1 is 0.580 bits per heavy atom. The molecule has 5 aromatic rings. The van der Waals surface area contributed by atoms with Gasteiger partial charge in [-0.25, -0.2) is 4.90 Å². The summed E-state index contributed by atoms with van der Waals surface area (Å²) < 4.78 is 11.0. The van der Waals surface area contributed by atoms with E-state index in [2.05, 4.69) is 0 Å². The zero-order valence-corrected chi connectivity index (χ0v) is 27.1. The molecule has 246 valence electrons. The van der Waals surface area contributed by atoms with E-state index < -0.39 is 39.4 Å². The Balaban J connectivity index is 1.54. The number of Topliss-reactive ketones (excluding diaryl/α,β-unsaturated/α-hetero) is 1. The number of nitro groups is 1. The van der Waals surface area contributed by atoms with Crippen LogP contribution in [0.4, 0.5) is 11.4 Å². The molecule has 9 heteroatoms. The summed E-state index contributed by atoms with van der Waals surface area (Å²) in [4.78, 5) is 58.9. The molecule has 3 aliphatic rings. The Hall–Kier alpha value is -6.35. The van der Waals surface area contributed by atoms with E-state index in [0.29, 0.717) is 44.9 Å². The first-order valence-electron chi connectivity index (χ1n) is 16.1. The molecule has 9 nitrogen and oxygen atoms in total. The van der Waals surface area contributed by atoms with Crippen molar-refractivity contribution in [2.24, 2.45) is 11.8 Å². The third-order valence-corrected chi connectivity index (χ3v) is 10.5. The molecule has 5 aromatic carbocycles. The predicted molar refractivity (Wildman–Crippen MR) is 187 cm³/mol. The van der Waals surface area contributed by atoms with Crippen molar-refractivity contribution < 1.29 is 28.8 Å². The van der Waals surface area contributed by atoms with Crippen molar-refractivity contribution in [2.45, 2.75) is 10.8 Å². The third kappa shape index (κ3) is 3.91. The molecule has 1 saturated heterocycles. The molecule has 0 unspecified atom stereocenters. The first-order chi connectivity index (χ1) is 24.3. The highest BCUT2D eigenvalue weighted by Crippen LogP contribution is 2.74. The SMILES string of the molecule is COc1ccc(C2=C(c3ccc(OC)cc3)[C@]3(c4ccccc4)C(=O)[C@@]2(c2ccccc2)[C@@H]2C(=O)N(c4ccccc4[N+](=O)[O-])C(=O)[C@@H]23)cc1. The van der Waals surface area contributed by atoms with Crippen molar-refractivity contribution in [1.82, 2.24) is 0 Å².